The molecule has 0 saturated carbocycles. The first-order chi connectivity index (χ1) is 10.4. The molecule has 22 heavy (non-hydrogen) atoms. The SMILES string of the molecule is O=C(N/N=C/c1cc(Cl)cc(Cl)c1O)c1ccc(Br)c(Br)c1. The maximum atomic E-state index is 11.9. The lowest BCUT2D eigenvalue weighted by atomic mass is 10.2. The Kier molecular flexibility index (Phi) is 5.86. The summed E-state index contributed by atoms with van der Waals surface area (Å²) in [6.45, 7) is 0. The van der Waals surface area contributed by atoms with Crippen molar-refractivity contribution >= 4 is 67.2 Å². The molecule has 0 unspecified atom stereocenters. The lowest BCUT2D eigenvalue weighted by Crippen LogP contribution is -2.17. The summed E-state index contributed by atoms with van der Waals surface area (Å²) in [4.78, 5) is 11.9. The number of carbonyl (C=O) groups is 1. The van der Waals surface area contributed by atoms with Gasteiger partial charge in [0.05, 0.1) is 11.2 Å². The van der Waals surface area contributed by atoms with Crippen LogP contribution in [0.3, 0.4) is 0 Å². The molecule has 0 spiro atoms. The highest BCUT2D eigenvalue weighted by molar-refractivity contribution is 9.13. The average Bonchev–Trinajstić information content (AvgIpc) is 2.46. The van der Waals surface area contributed by atoms with Gasteiger partial charge in [-0.1, -0.05) is 23.2 Å². The van der Waals surface area contributed by atoms with Crippen LogP contribution in [-0.4, -0.2) is 17.2 Å². The summed E-state index contributed by atoms with van der Waals surface area (Å²) < 4.78 is 1.59. The molecule has 0 saturated heterocycles. The summed E-state index contributed by atoms with van der Waals surface area (Å²) in [5.74, 6) is -0.549. The van der Waals surface area contributed by atoms with Gasteiger partial charge in [0.1, 0.15) is 5.75 Å². The molecule has 4 nitrogen and oxygen atoms in total. The summed E-state index contributed by atoms with van der Waals surface area (Å²) in [5, 5.41) is 14.0. The number of halogens is 4. The standard InChI is InChI=1S/C14H8Br2Cl2N2O2/c15-10-2-1-7(4-11(10)16)14(22)20-19-6-8-3-9(17)5-12(18)13(8)21/h1-6,21H,(H,20,22)/b19-6+. The van der Waals surface area contributed by atoms with Gasteiger partial charge in [0, 0.05) is 25.1 Å². The molecule has 0 aliphatic carbocycles. The van der Waals surface area contributed by atoms with E-state index in [1.54, 1.807) is 18.2 Å². The van der Waals surface area contributed by atoms with Crippen LogP contribution >= 0.6 is 55.1 Å². The molecule has 0 bridgehead atoms. The Balaban J connectivity index is 2.12. The highest BCUT2D eigenvalue weighted by Crippen LogP contribution is 2.30. The number of amides is 1. The summed E-state index contributed by atoms with van der Waals surface area (Å²) >= 11 is 18.3. The summed E-state index contributed by atoms with van der Waals surface area (Å²) in [5.41, 5.74) is 3.09. The van der Waals surface area contributed by atoms with Gasteiger partial charge in [-0.2, -0.15) is 5.10 Å². The molecule has 2 N–H and O–H groups in total. The predicted molar refractivity (Wildman–Crippen MR) is 95.0 cm³/mol. The Morgan fingerprint density at radius 3 is 2.59 bits per heavy atom. The van der Waals surface area contributed by atoms with Crippen LogP contribution in [0.15, 0.2) is 44.4 Å². The van der Waals surface area contributed by atoms with E-state index < -0.39 is 5.91 Å². The van der Waals surface area contributed by atoms with E-state index in [9.17, 15) is 9.90 Å². The molecule has 2 rings (SSSR count). The highest BCUT2D eigenvalue weighted by Gasteiger charge is 2.08. The Morgan fingerprint density at radius 2 is 1.91 bits per heavy atom. The lowest BCUT2D eigenvalue weighted by molar-refractivity contribution is 0.0955. The zero-order chi connectivity index (χ0) is 16.3. The van der Waals surface area contributed by atoms with E-state index in [0.29, 0.717) is 16.1 Å². The van der Waals surface area contributed by atoms with E-state index in [2.05, 4.69) is 42.4 Å². The van der Waals surface area contributed by atoms with E-state index in [-0.39, 0.29) is 10.8 Å². The molecule has 0 radical (unpaired) electrons. The van der Waals surface area contributed by atoms with Crippen molar-refractivity contribution in [3.05, 3.63) is 60.4 Å². The minimum atomic E-state index is -0.392. The third-order valence-electron chi connectivity index (χ3n) is 2.61. The topological polar surface area (TPSA) is 61.7 Å². The van der Waals surface area contributed by atoms with Crippen LogP contribution in [0.1, 0.15) is 15.9 Å². The maximum absolute atomic E-state index is 11.9. The number of aromatic hydroxyl groups is 1. The molecule has 8 heteroatoms. The van der Waals surface area contributed by atoms with Crippen LogP contribution in [0.25, 0.3) is 0 Å². The molecule has 2 aromatic carbocycles. The monoisotopic (exact) mass is 464 g/mol. The zero-order valence-electron chi connectivity index (χ0n) is 10.8. The Labute approximate surface area is 153 Å². The van der Waals surface area contributed by atoms with E-state index in [1.807, 2.05) is 0 Å². The van der Waals surface area contributed by atoms with Gasteiger partial charge in [-0.05, 0) is 62.2 Å². The third-order valence-corrected chi connectivity index (χ3v) is 5.00. The molecule has 2 aromatic rings. The van der Waals surface area contributed by atoms with Crippen LogP contribution in [-0.2, 0) is 0 Å². The van der Waals surface area contributed by atoms with Gasteiger partial charge in [0.15, 0.2) is 0 Å². The van der Waals surface area contributed by atoms with Crippen molar-refractivity contribution in [2.45, 2.75) is 0 Å². The number of rotatable bonds is 3. The number of hydrogen-bond acceptors (Lipinski definition) is 3. The van der Waals surface area contributed by atoms with Gasteiger partial charge < -0.3 is 5.11 Å². The van der Waals surface area contributed by atoms with Gasteiger partial charge in [-0.15, -0.1) is 0 Å². The van der Waals surface area contributed by atoms with Crippen LogP contribution in [0.5, 0.6) is 5.75 Å². The second-order valence-electron chi connectivity index (χ2n) is 4.15. The van der Waals surface area contributed by atoms with E-state index in [4.69, 9.17) is 23.2 Å². The molecule has 0 aliphatic rings. The number of carbonyl (C=O) groups excluding carboxylic acids is 1. The van der Waals surface area contributed by atoms with Crippen molar-refractivity contribution in [1.29, 1.82) is 0 Å². The number of hydrogen-bond donors (Lipinski definition) is 2. The van der Waals surface area contributed by atoms with E-state index in [1.165, 1.54) is 18.3 Å². The minimum absolute atomic E-state index is 0.108. The van der Waals surface area contributed by atoms with Crippen molar-refractivity contribution in [3.63, 3.8) is 0 Å². The first kappa shape index (κ1) is 17.3. The second-order valence-corrected chi connectivity index (χ2v) is 6.71. The smallest absolute Gasteiger partial charge is 0.271 e. The molecule has 0 atom stereocenters. The lowest BCUT2D eigenvalue weighted by Gasteiger charge is -2.04. The normalized spacial score (nSPS) is 10.9. The highest BCUT2D eigenvalue weighted by atomic mass is 79.9. The largest absolute Gasteiger partial charge is 0.506 e. The average molecular weight is 467 g/mol. The van der Waals surface area contributed by atoms with Gasteiger partial charge >= 0.3 is 0 Å². The Bertz CT molecular complexity index is 767. The van der Waals surface area contributed by atoms with E-state index >= 15 is 0 Å². The van der Waals surface area contributed by atoms with Gasteiger partial charge in [0.25, 0.3) is 5.91 Å². The van der Waals surface area contributed by atoms with Crippen molar-refractivity contribution < 1.29 is 9.90 Å². The fourth-order valence-corrected chi connectivity index (χ4v) is 2.68. The van der Waals surface area contributed by atoms with Crippen LogP contribution in [0.2, 0.25) is 10.0 Å². The molecular weight excluding hydrogens is 459 g/mol. The number of phenolic OH excluding ortho intramolecular Hbond substituents is 1. The molecule has 0 fully saturated rings. The predicted octanol–water partition coefficient (Wildman–Crippen LogP) is 4.99. The van der Waals surface area contributed by atoms with Crippen molar-refractivity contribution in [1.82, 2.24) is 5.43 Å². The number of nitrogens with zero attached hydrogens (tertiary/aromatic N) is 1. The molecule has 1 amide bonds. The second kappa shape index (κ2) is 7.46. The molecule has 0 heterocycles. The molecule has 0 aromatic heterocycles. The Morgan fingerprint density at radius 1 is 1.18 bits per heavy atom. The zero-order valence-corrected chi connectivity index (χ0v) is 15.5. The first-order valence-electron chi connectivity index (χ1n) is 5.85. The summed E-state index contributed by atoms with van der Waals surface area (Å²) in [6, 6.07) is 7.93. The maximum Gasteiger partial charge on any atom is 0.271 e. The summed E-state index contributed by atoms with van der Waals surface area (Å²) in [6.07, 6.45) is 1.26. The van der Waals surface area contributed by atoms with Crippen molar-refractivity contribution in [2.75, 3.05) is 0 Å². The van der Waals surface area contributed by atoms with Crippen LogP contribution in [0, 0.1) is 0 Å². The number of benzene rings is 2. The van der Waals surface area contributed by atoms with Crippen molar-refractivity contribution in [3.8, 4) is 5.75 Å². The number of hydrazone groups is 1. The number of nitrogens with one attached hydrogen (secondary N) is 1. The summed E-state index contributed by atoms with van der Waals surface area (Å²) in [7, 11) is 0. The fraction of sp³-hybridized carbons (Fsp3) is 0. The quantitative estimate of drug-likeness (QED) is 0.494. The van der Waals surface area contributed by atoms with Gasteiger partial charge in [-0.3, -0.25) is 4.79 Å². The van der Waals surface area contributed by atoms with Gasteiger partial charge in [-0.25, -0.2) is 5.43 Å². The first-order valence-corrected chi connectivity index (χ1v) is 8.19. The molecule has 0 aliphatic heterocycles. The fourth-order valence-electron chi connectivity index (χ4n) is 1.55. The molecular formula is C14H8Br2Cl2N2O2. The Hall–Kier alpha value is -1.08. The van der Waals surface area contributed by atoms with E-state index in [0.717, 1.165) is 8.95 Å². The number of phenols is 1. The van der Waals surface area contributed by atoms with Crippen LogP contribution < -0.4 is 5.43 Å². The van der Waals surface area contributed by atoms with Crippen molar-refractivity contribution in [2.24, 2.45) is 5.10 Å². The van der Waals surface area contributed by atoms with Crippen LogP contribution in [0.4, 0.5) is 0 Å². The third kappa shape index (κ3) is 4.23. The minimum Gasteiger partial charge on any atom is -0.506 e. The van der Waals surface area contributed by atoms with Gasteiger partial charge in [0.2, 0.25) is 0 Å². The molecule has 114 valence electrons.